The molecular weight excluding hydrogens is 274 g/mol. The summed E-state index contributed by atoms with van der Waals surface area (Å²) in [5, 5.41) is 2.67. The van der Waals surface area contributed by atoms with E-state index in [2.05, 4.69) is 5.32 Å². The summed E-state index contributed by atoms with van der Waals surface area (Å²) < 4.78 is 25.9. The number of carbonyl (C=O) groups is 1. The van der Waals surface area contributed by atoms with Crippen molar-refractivity contribution in [3.8, 4) is 0 Å². The van der Waals surface area contributed by atoms with Crippen molar-refractivity contribution in [1.82, 2.24) is 5.32 Å². The molecule has 1 aromatic carbocycles. The van der Waals surface area contributed by atoms with Crippen molar-refractivity contribution in [2.24, 2.45) is 5.73 Å². The summed E-state index contributed by atoms with van der Waals surface area (Å²) in [5.41, 5.74) is 5.51. The van der Waals surface area contributed by atoms with E-state index in [1.165, 1.54) is 0 Å². The quantitative estimate of drug-likeness (QED) is 0.847. The predicted octanol–water partition coefficient (Wildman–Crippen LogP) is 2.63. The van der Waals surface area contributed by atoms with Crippen LogP contribution >= 0.6 is 12.4 Å². The molecule has 6 heteroatoms. The van der Waals surface area contributed by atoms with E-state index in [4.69, 9.17) is 5.73 Å². The summed E-state index contributed by atoms with van der Waals surface area (Å²) in [5.74, 6) is -2.03. The molecule has 1 atom stereocenters. The van der Waals surface area contributed by atoms with Crippen LogP contribution in [0.1, 0.15) is 36.5 Å². The lowest BCUT2D eigenvalue weighted by Crippen LogP contribution is -2.40. The highest BCUT2D eigenvalue weighted by Crippen LogP contribution is 2.09. The molecular formula is C13H19ClF2N2O. The molecule has 0 aliphatic heterocycles. The summed E-state index contributed by atoms with van der Waals surface area (Å²) in [6, 6.07) is 2.58. The van der Waals surface area contributed by atoms with Gasteiger partial charge in [-0.15, -0.1) is 12.4 Å². The predicted molar refractivity (Wildman–Crippen MR) is 73.4 cm³/mol. The van der Waals surface area contributed by atoms with E-state index >= 15 is 0 Å². The lowest BCUT2D eigenvalue weighted by molar-refractivity contribution is 0.0935. The maximum Gasteiger partial charge on any atom is 0.251 e. The van der Waals surface area contributed by atoms with Crippen LogP contribution in [0.4, 0.5) is 8.78 Å². The fourth-order valence-corrected chi connectivity index (χ4v) is 1.65. The topological polar surface area (TPSA) is 55.1 Å². The molecule has 0 radical (unpaired) electrons. The second-order valence-electron chi connectivity index (χ2n) is 4.21. The Labute approximate surface area is 118 Å². The van der Waals surface area contributed by atoms with Crippen molar-refractivity contribution in [2.45, 2.75) is 32.2 Å². The smallest absolute Gasteiger partial charge is 0.251 e. The average Bonchev–Trinajstić information content (AvgIpc) is 2.32. The SMILES string of the molecule is CCCCC(CN)NC(=O)c1cc(F)cc(F)c1.Cl. The Bertz CT molecular complexity index is 395. The van der Waals surface area contributed by atoms with Crippen LogP contribution in [-0.4, -0.2) is 18.5 Å². The average molecular weight is 293 g/mol. The molecule has 1 unspecified atom stereocenters. The van der Waals surface area contributed by atoms with E-state index in [0.29, 0.717) is 6.54 Å². The molecule has 0 saturated heterocycles. The molecule has 0 saturated carbocycles. The summed E-state index contributed by atoms with van der Waals surface area (Å²) in [6.07, 6.45) is 2.71. The molecule has 19 heavy (non-hydrogen) atoms. The highest BCUT2D eigenvalue weighted by Gasteiger charge is 2.13. The summed E-state index contributed by atoms with van der Waals surface area (Å²) >= 11 is 0. The van der Waals surface area contributed by atoms with E-state index in [1.54, 1.807) is 0 Å². The van der Waals surface area contributed by atoms with Gasteiger partial charge in [0, 0.05) is 24.2 Å². The molecule has 1 rings (SSSR count). The van der Waals surface area contributed by atoms with Crippen molar-refractivity contribution in [2.75, 3.05) is 6.54 Å². The van der Waals surface area contributed by atoms with Gasteiger partial charge in [-0.3, -0.25) is 4.79 Å². The third-order valence-electron chi connectivity index (χ3n) is 2.65. The van der Waals surface area contributed by atoms with Crippen molar-refractivity contribution < 1.29 is 13.6 Å². The second kappa shape index (κ2) is 8.82. The van der Waals surface area contributed by atoms with Gasteiger partial charge in [-0.05, 0) is 18.6 Å². The van der Waals surface area contributed by atoms with Crippen LogP contribution in [0.2, 0.25) is 0 Å². The monoisotopic (exact) mass is 292 g/mol. The maximum absolute atomic E-state index is 13.0. The van der Waals surface area contributed by atoms with Gasteiger partial charge in [-0.1, -0.05) is 19.8 Å². The number of hydrogen-bond acceptors (Lipinski definition) is 2. The van der Waals surface area contributed by atoms with Gasteiger partial charge in [0.05, 0.1) is 0 Å². The van der Waals surface area contributed by atoms with E-state index in [1.807, 2.05) is 6.92 Å². The second-order valence-corrected chi connectivity index (χ2v) is 4.21. The van der Waals surface area contributed by atoms with E-state index in [-0.39, 0.29) is 24.0 Å². The first-order chi connectivity index (χ1) is 8.56. The highest BCUT2D eigenvalue weighted by molar-refractivity contribution is 5.94. The molecule has 0 aliphatic rings. The normalized spacial score (nSPS) is 11.6. The van der Waals surface area contributed by atoms with Crippen LogP contribution in [0.5, 0.6) is 0 Å². The highest BCUT2D eigenvalue weighted by atomic mass is 35.5. The molecule has 0 aliphatic carbocycles. The first-order valence-corrected chi connectivity index (χ1v) is 6.03. The van der Waals surface area contributed by atoms with Gasteiger partial charge in [-0.25, -0.2) is 8.78 Å². The Morgan fingerprint density at radius 3 is 2.37 bits per heavy atom. The minimum absolute atomic E-state index is 0. The van der Waals surface area contributed by atoms with Crippen molar-refractivity contribution in [3.63, 3.8) is 0 Å². The van der Waals surface area contributed by atoms with Crippen LogP contribution in [0.15, 0.2) is 18.2 Å². The lowest BCUT2D eigenvalue weighted by Gasteiger charge is -2.16. The van der Waals surface area contributed by atoms with Crippen molar-refractivity contribution in [1.29, 1.82) is 0 Å². The lowest BCUT2D eigenvalue weighted by atomic mass is 10.1. The van der Waals surface area contributed by atoms with Crippen LogP contribution in [0.3, 0.4) is 0 Å². The minimum Gasteiger partial charge on any atom is -0.348 e. The number of rotatable bonds is 6. The molecule has 3 N–H and O–H groups in total. The van der Waals surface area contributed by atoms with Gasteiger partial charge in [0.1, 0.15) is 11.6 Å². The number of carbonyl (C=O) groups excluding carboxylic acids is 1. The van der Waals surface area contributed by atoms with E-state index < -0.39 is 17.5 Å². The standard InChI is InChI=1S/C13H18F2N2O.ClH/c1-2-3-4-12(8-16)17-13(18)9-5-10(14)7-11(15)6-9;/h5-7,12H,2-4,8,16H2,1H3,(H,17,18);1H. The molecule has 0 bridgehead atoms. The Balaban J connectivity index is 0.00000324. The summed E-state index contributed by atoms with van der Waals surface area (Å²) in [6.45, 7) is 2.35. The zero-order valence-corrected chi connectivity index (χ0v) is 11.6. The maximum atomic E-state index is 13.0. The van der Waals surface area contributed by atoms with Crippen LogP contribution < -0.4 is 11.1 Å². The Morgan fingerprint density at radius 2 is 1.89 bits per heavy atom. The zero-order chi connectivity index (χ0) is 13.5. The summed E-state index contributed by atoms with van der Waals surface area (Å²) in [4.78, 5) is 11.8. The molecule has 0 fully saturated rings. The molecule has 0 aromatic heterocycles. The molecule has 1 amide bonds. The van der Waals surface area contributed by atoms with Crippen LogP contribution in [0, 0.1) is 11.6 Å². The fraction of sp³-hybridized carbons (Fsp3) is 0.462. The van der Waals surface area contributed by atoms with Gasteiger partial charge in [0.15, 0.2) is 0 Å². The van der Waals surface area contributed by atoms with Gasteiger partial charge >= 0.3 is 0 Å². The van der Waals surface area contributed by atoms with Gasteiger partial charge in [-0.2, -0.15) is 0 Å². The molecule has 1 aromatic rings. The molecule has 108 valence electrons. The Kier molecular flexibility index (Phi) is 8.27. The van der Waals surface area contributed by atoms with Gasteiger partial charge < -0.3 is 11.1 Å². The fourth-order valence-electron chi connectivity index (χ4n) is 1.65. The Hall–Kier alpha value is -1.20. The van der Waals surface area contributed by atoms with Gasteiger partial charge in [0.2, 0.25) is 0 Å². The third-order valence-corrected chi connectivity index (χ3v) is 2.65. The largest absolute Gasteiger partial charge is 0.348 e. The van der Waals surface area contributed by atoms with E-state index in [9.17, 15) is 13.6 Å². The number of amides is 1. The molecule has 0 heterocycles. The number of unbranched alkanes of at least 4 members (excludes halogenated alkanes) is 1. The first-order valence-electron chi connectivity index (χ1n) is 6.03. The molecule has 3 nitrogen and oxygen atoms in total. The number of halogens is 3. The van der Waals surface area contributed by atoms with Crippen LogP contribution in [-0.2, 0) is 0 Å². The van der Waals surface area contributed by atoms with E-state index in [0.717, 1.165) is 37.5 Å². The summed E-state index contributed by atoms with van der Waals surface area (Å²) in [7, 11) is 0. The molecule has 0 spiro atoms. The van der Waals surface area contributed by atoms with Crippen molar-refractivity contribution >= 4 is 18.3 Å². The number of nitrogens with two attached hydrogens (primary N) is 1. The van der Waals surface area contributed by atoms with Crippen molar-refractivity contribution in [3.05, 3.63) is 35.4 Å². The first kappa shape index (κ1) is 17.8. The Morgan fingerprint density at radius 1 is 1.32 bits per heavy atom. The minimum atomic E-state index is -0.766. The van der Waals surface area contributed by atoms with Crippen LogP contribution in [0.25, 0.3) is 0 Å². The number of nitrogens with one attached hydrogen (secondary N) is 1. The zero-order valence-electron chi connectivity index (χ0n) is 10.8. The third kappa shape index (κ3) is 5.98. The van der Waals surface area contributed by atoms with Gasteiger partial charge in [0.25, 0.3) is 5.91 Å². The number of hydrogen-bond donors (Lipinski definition) is 2. The number of benzene rings is 1.